The molecular formula is C20H16B2FIN2O5. The smallest absolute Gasteiger partial charge is 0.420 e. The molecule has 3 aromatic rings. The summed E-state index contributed by atoms with van der Waals surface area (Å²) in [6, 6.07) is 11.7. The molecule has 1 unspecified atom stereocenters. The average Bonchev–Trinajstić information content (AvgIpc) is 3.32. The third-order valence-corrected chi connectivity index (χ3v) is 5.77. The van der Waals surface area contributed by atoms with Gasteiger partial charge in [-0.2, -0.15) is 0 Å². The Bertz CT molecular complexity index is 1160. The van der Waals surface area contributed by atoms with Gasteiger partial charge in [-0.1, -0.05) is 18.2 Å². The van der Waals surface area contributed by atoms with E-state index in [9.17, 15) is 14.0 Å². The van der Waals surface area contributed by atoms with Crippen LogP contribution in [0.15, 0.2) is 51.7 Å². The molecule has 0 saturated carbocycles. The molecule has 1 atom stereocenters. The summed E-state index contributed by atoms with van der Waals surface area (Å²) in [5, 5.41) is 0. The number of hydrogen-bond acceptors (Lipinski definition) is 5. The maximum Gasteiger partial charge on any atom is 0.420 e. The fourth-order valence-corrected chi connectivity index (χ4v) is 3.97. The first-order chi connectivity index (χ1) is 14.7. The van der Waals surface area contributed by atoms with E-state index in [1.165, 1.54) is 16.7 Å². The first-order valence-electron chi connectivity index (χ1n) is 9.48. The van der Waals surface area contributed by atoms with Crippen molar-refractivity contribution in [1.82, 2.24) is 9.47 Å². The normalized spacial score (nSPS) is 16.7. The Hall–Kier alpha value is -2.27. The largest absolute Gasteiger partial charge is 0.476 e. The number of nitrogens with zero attached hydrogens (tertiary/aromatic N) is 2. The molecule has 2 aromatic carbocycles. The monoisotopic (exact) mass is 532 g/mol. The topological polar surface area (TPSA) is 73.9 Å². The fourth-order valence-electron chi connectivity index (χ4n) is 3.55. The summed E-state index contributed by atoms with van der Waals surface area (Å²) in [6.45, 7) is 0.960. The summed E-state index contributed by atoms with van der Waals surface area (Å²) in [5.41, 5.74) is -0.333. The number of halogens is 2. The van der Waals surface area contributed by atoms with E-state index in [4.69, 9.17) is 27.9 Å². The molecule has 0 N–H and O–H groups in total. The molecule has 1 aliphatic heterocycles. The number of oxazole rings is 1. The second kappa shape index (κ2) is 8.70. The second-order valence-corrected chi connectivity index (χ2v) is 7.81. The summed E-state index contributed by atoms with van der Waals surface area (Å²) < 4.78 is 29.9. The molecule has 0 aliphatic carbocycles. The van der Waals surface area contributed by atoms with E-state index in [1.807, 2.05) is 23.0 Å². The second-order valence-electron chi connectivity index (χ2n) is 7.30. The minimum absolute atomic E-state index is 0.00187. The highest BCUT2D eigenvalue weighted by Gasteiger charge is 2.27. The Morgan fingerprint density at radius 1 is 1.23 bits per heavy atom. The standard InChI is InChI=1S/C20H16B2FIN2O5/c21-20(22,23)30-14-4-1-12(2-5-14)13-3-6-17-16(9-13)26(19(28)29-17)11-18(27)25-8-7-15(10-25)31-24/h1-6,9,15H,7-8,10-11H2. The van der Waals surface area contributed by atoms with Crippen molar-refractivity contribution in [1.29, 1.82) is 0 Å². The molecule has 1 amide bonds. The van der Waals surface area contributed by atoms with Crippen molar-refractivity contribution in [3.05, 3.63) is 53.0 Å². The van der Waals surface area contributed by atoms with E-state index >= 15 is 0 Å². The SMILES string of the molecule is [B]C([B])(F)Oc1ccc(-c2ccc3oc(=O)n(CC(=O)N4CCC(OI)C4)c3c2)cc1. The number of benzene rings is 2. The lowest BCUT2D eigenvalue weighted by Crippen LogP contribution is -2.34. The van der Waals surface area contributed by atoms with E-state index in [-0.39, 0.29) is 24.3 Å². The Balaban J connectivity index is 1.59. The Morgan fingerprint density at radius 3 is 2.58 bits per heavy atom. The van der Waals surface area contributed by atoms with Crippen molar-refractivity contribution in [3.63, 3.8) is 0 Å². The number of hydrogen-bond donors (Lipinski definition) is 0. The number of likely N-dealkylation sites (tertiary alicyclic amines) is 1. The van der Waals surface area contributed by atoms with Gasteiger partial charge in [0.05, 0.1) is 11.6 Å². The van der Waals surface area contributed by atoms with Gasteiger partial charge in [0.25, 0.3) is 0 Å². The van der Waals surface area contributed by atoms with Gasteiger partial charge in [0.2, 0.25) is 5.91 Å². The molecule has 11 heteroatoms. The zero-order chi connectivity index (χ0) is 22.2. The summed E-state index contributed by atoms with van der Waals surface area (Å²) in [5.74, 6) is -0.608. The van der Waals surface area contributed by atoms with E-state index in [2.05, 4.69) is 0 Å². The van der Waals surface area contributed by atoms with Crippen molar-refractivity contribution in [2.24, 2.45) is 0 Å². The van der Waals surface area contributed by atoms with Crippen LogP contribution in [0.4, 0.5) is 4.39 Å². The van der Waals surface area contributed by atoms with Gasteiger partial charge >= 0.3 is 5.76 Å². The van der Waals surface area contributed by atoms with Crippen molar-refractivity contribution >= 4 is 55.7 Å². The third kappa shape index (κ3) is 4.98. The van der Waals surface area contributed by atoms with Crippen LogP contribution in [-0.2, 0) is 14.4 Å². The van der Waals surface area contributed by atoms with Gasteiger partial charge in [-0.25, -0.2) is 9.18 Å². The third-order valence-electron chi connectivity index (χ3n) is 5.05. The van der Waals surface area contributed by atoms with Crippen LogP contribution in [0.5, 0.6) is 5.75 Å². The summed E-state index contributed by atoms with van der Waals surface area (Å²) in [7, 11) is 10.0. The van der Waals surface area contributed by atoms with Gasteiger partial charge in [-0.15, -0.1) is 0 Å². The predicted octanol–water partition coefficient (Wildman–Crippen LogP) is 2.53. The number of carbonyl (C=O) groups excluding carboxylic acids is 1. The quantitative estimate of drug-likeness (QED) is 0.361. The maximum absolute atomic E-state index is 13.2. The molecule has 4 radical (unpaired) electrons. The molecule has 7 nitrogen and oxygen atoms in total. The van der Waals surface area contributed by atoms with Crippen LogP contribution < -0.4 is 10.5 Å². The number of carbonyl (C=O) groups is 1. The van der Waals surface area contributed by atoms with E-state index in [0.29, 0.717) is 24.2 Å². The molecule has 0 bridgehead atoms. The van der Waals surface area contributed by atoms with E-state index in [0.717, 1.165) is 17.5 Å². The number of alkyl halides is 1. The predicted molar refractivity (Wildman–Crippen MR) is 122 cm³/mol. The summed E-state index contributed by atoms with van der Waals surface area (Å²) in [4.78, 5) is 26.7. The Kier molecular flexibility index (Phi) is 6.16. The molecule has 1 aliphatic rings. The number of ether oxygens (including phenoxy) is 1. The molecule has 31 heavy (non-hydrogen) atoms. The minimum atomic E-state index is -2.77. The van der Waals surface area contributed by atoms with Crippen LogP contribution in [-0.4, -0.2) is 55.9 Å². The van der Waals surface area contributed by atoms with Gasteiger partial charge in [-0.3, -0.25) is 9.36 Å². The molecule has 1 saturated heterocycles. The van der Waals surface area contributed by atoms with Gasteiger partial charge < -0.3 is 17.1 Å². The average molecular weight is 532 g/mol. The Morgan fingerprint density at radius 2 is 1.94 bits per heavy atom. The van der Waals surface area contributed by atoms with Crippen LogP contribution >= 0.6 is 23.0 Å². The number of aromatic nitrogens is 1. The van der Waals surface area contributed by atoms with Crippen molar-refractivity contribution in [3.8, 4) is 16.9 Å². The van der Waals surface area contributed by atoms with Crippen molar-refractivity contribution in [2.45, 2.75) is 24.7 Å². The van der Waals surface area contributed by atoms with Crippen LogP contribution in [0.2, 0.25) is 0 Å². The van der Waals surface area contributed by atoms with E-state index in [1.54, 1.807) is 35.2 Å². The molecule has 4 rings (SSSR count). The number of rotatable bonds is 6. The molecular weight excluding hydrogens is 516 g/mol. The van der Waals surface area contributed by atoms with Crippen LogP contribution in [0.1, 0.15) is 6.42 Å². The maximum atomic E-state index is 13.2. The van der Waals surface area contributed by atoms with Crippen LogP contribution in [0.3, 0.4) is 0 Å². The highest BCUT2D eigenvalue weighted by Crippen LogP contribution is 2.27. The van der Waals surface area contributed by atoms with Gasteiger partial charge in [-0.05, 0) is 41.8 Å². The van der Waals surface area contributed by atoms with Crippen LogP contribution in [0, 0.1) is 0 Å². The van der Waals surface area contributed by atoms with Crippen molar-refractivity contribution in [2.75, 3.05) is 13.1 Å². The molecule has 0 spiro atoms. The number of amides is 1. The molecule has 1 aromatic heterocycles. The van der Waals surface area contributed by atoms with Gasteiger partial charge in [0, 0.05) is 13.1 Å². The fraction of sp³-hybridized carbons (Fsp3) is 0.300. The lowest BCUT2D eigenvalue weighted by Gasteiger charge is -2.18. The first kappa shape index (κ1) is 21.9. The molecule has 1 fully saturated rings. The van der Waals surface area contributed by atoms with Gasteiger partial charge in [0.1, 0.15) is 35.3 Å². The number of fused-ring (bicyclic) bond motifs is 1. The summed E-state index contributed by atoms with van der Waals surface area (Å²) in [6.07, 6.45) is 0.763. The zero-order valence-electron chi connectivity index (χ0n) is 16.3. The molecule has 156 valence electrons. The van der Waals surface area contributed by atoms with Crippen molar-refractivity contribution < 1.29 is 21.4 Å². The Labute approximate surface area is 194 Å². The lowest BCUT2D eigenvalue weighted by atomic mass is 9.78. The lowest BCUT2D eigenvalue weighted by molar-refractivity contribution is -0.131. The summed E-state index contributed by atoms with van der Waals surface area (Å²) >= 11 is 1.83. The van der Waals surface area contributed by atoms with Crippen LogP contribution in [0.25, 0.3) is 22.2 Å². The highest BCUT2D eigenvalue weighted by atomic mass is 127. The van der Waals surface area contributed by atoms with E-state index < -0.39 is 11.4 Å². The molecule has 2 heterocycles. The first-order valence-corrected chi connectivity index (χ1v) is 10.4. The zero-order valence-corrected chi connectivity index (χ0v) is 18.5. The minimum Gasteiger partial charge on any atom is -0.476 e. The highest BCUT2D eigenvalue weighted by molar-refractivity contribution is 14.1. The van der Waals surface area contributed by atoms with Gasteiger partial charge in [0.15, 0.2) is 26.9 Å².